The van der Waals surface area contributed by atoms with E-state index in [0.29, 0.717) is 28.2 Å². The Morgan fingerprint density at radius 1 is 1.42 bits per heavy atom. The van der Waals surface area contributed by atoms with Gasteiger partial charge in [0, 0.05) is 23.8 Å². The van der Waals surface area contributed by atoms with Crippen molar-refractivity contribution >= 4 is 23.2 Å². The molecule has 2 rings (SSSR count). The first-order chi connectivity index (χ1) is 8.99. The van der Waals surface area contributed by atoms with Gasteiger partial charge >= 0.3 is 0 Å². The van der Waals surface area contributed by atoms with Gasteiger partial charge in [0.25, 0.3) is 5.91 Å². The van der Waals surface area contributed by atoms with Gasteiger partial charge in [-0.05, 0) is 37.0 Å². The molecule has 19 heavy (non-hydrogen) atoms. The van der Waals surface area contributed by atoms with E-state index in [2.05, 4.69) is 6.92 Å². The predicted molar refractivity (Wildman–Crippen MR) is 79.4 cm³/mol. The summed E-state index contributed by atoms with van der Waals surface area (Å²) in [6, 6.07) is 5.38. The highest BCUT2D eigenvalue weighted by Crippen LogP contribution is 2.28. The maximum absolute atomic E-state index is 12.5. The van der Waals surface area contributed by atoms with Gasteiger partial charge < -0.3 is 10.6 Å². The van der Waals surface area contributed by atoms with Crippen molar-refractivity contribution in [3.05, 3.63) is 28.8 Å². The van der Waals surface area contributed by atoms with Crippen molar-refractivity contribution in [2.45, 2.75) is 38.6 Å². The first kappa shape index (κ1) is 14.2. The zero-order valence-electron chi connectivity index (χ0n) is 11.5. The van der Waals surface area contributed by atoms with Crippen molar-refractivity contribution in [1.29, 1.82) is 0 Å². The van der Waals surface area contributed by atoms with Crippen LogP contribution in [0.2, 0.25) is 5.02 Å². The van der Waals surface area contributed by atoms with E-state index in [0.717, 1.165) is 12.8 Å². The Morgan fingerprint density at radius 2 is 2.16 bits per heavy atom. The van der Waals surface area contributed by atoms with Crippen LogP contribution in [0.5, 0.6) is 0 Å². The van der Waals surface area contributed by atoms with Crippen LogP contribution >= 0.6 is 11.6 Å². The molecule has 0 bridgehead atoms. The number of nitrogens with zero attached hydrogens (tertiary/aromatic N) is 1. The maximum Gasteiger partial charge on any atom is 0.255 e. The van der Waals surface area contributed by atoms with Crippen molar-refractivity contribution in [3.63, 3.8) is 0 Å². The number of hydrogen-bond donors (Lipinski definition) is 1. The lowest BCUT2D eigenvalue weighted by Crippen LogP contribution is -2.40. The molecule has 2 atom stereocenters. The smallest absolute Gasteiger partial charge is 0.255 e. The molecule has 0 saturated heterocycles. The van der Waals surface area contributed by atoms with Gasteiger partial charge in [-0.1, -0.05) is 31.4 Å². The molecule has 0 spiro atoms. The number of carbonyl (C=O) groups is 1. The van der Waals surface area contributed by atoms with E-state index in [1.165, 1.54) is 12.8 Å². The number of halogens is 1. The molecule has 104 valence electrons. The van der Waals surface area contributed by atoms with Crippen LogP contribution in [-0.4, -0.2) is 23.9 Å². The molecule has 1 saturated carbocycles. The molecule has 2 unspecified atom stereocenters. The van der Waals surface area contributed by atoms with Gasteiger partial charge in [0.05, 0.1) is 5.56 Å². The van der Waals surface area contributed by atoms with Crippen LogP contribution in [0.15, 0.2) is 18.2 Å². The third-order valence-electron chi connectivity index (χ3n) is 4.02. The SMILES string of the molecule is CC1CCCC(N(C)C(=O)c2ccc(Cl)cc2N)C1. The molecular weight excluding hydrogens is 260 g/mol. The first-order valence-corrected chi connectivity index (χ1v) is 7.19. The van der Waals surface area contributed by atoms with Crippen LogP contribution in [0.25, 0.3) is 0 Å². The maximum atomic E-state index is 12.5. The number of nitrogens with two attached hydrogens (primary N) is 1. The highest BCUT2D eigenvalue weighted by molar-refractivity contribution is 6.31. The zero-order valence-corrected chi connectivity index (χ0v) is 12.3. The summed E-state index contributed by atoms with van der Waals surface area (Å²) in [5.74, 6) is 0.685. The molecule has 1 amide bonds. The molecule has 2 N–H and O–H groups in total. The van der Waals surface area contributed by atoms with E-state index in [1.54, 1.807) is 18.2 Å². The molecule has 0 heterocycles. The molecule has 1 aromatic carbocycles. The van der Waals surface area contributed by atoms with Crippen molar-refractivity contribution in [2.75, 3.05) is 12.8 Å². The number of carbonyl (C=O) groups excluding carboxylic acids is 1. The lowest BCUT2D eigenvalue weighted by Gasteiger charge is -2.34. The largest absolute Gasteiger partial charge is 0.398 e. The fourth-order valence-corrected chi connectivity index (χ4v) is 3.02. The zero-order chi connectivity index (χ0) is 14.0. The van der Waals surface area contributed by atoms with Crippen LogP contribution in [0.1, 0.15) is 43.0 Å². The summed E-state index contributed by atoms with van der Waals surface area (Å²) in [6.07, 6.45) is 4.62. The molecule has 1 fully saturated rings. The van der Waals surface area contributed by atoms with Crippen LogP contribution in [0.3, 0.4) is 0 Å². The minimum Gasteiger partial charge on any atom is -0.398 e. The Kier molecular flexibility index (Phi) is 4.35. The summed E-state index contributed by atoms with van der Waals surface area (Å²) >= 11 is 5.86. The number of hydrogen-bond acceptors (Lipinski definition) is 2. The number of rotatable bonds is 2. The monoisotopic (exact) mass is 280 g/mol. The average molecular weight is 281 g/mol. The third-order valence-corrected chi connectivity index (χ3v) is 4.26. The summed E-state index contributed by atoms with van der Waals surface area (Å²) < 4.78 is 0. The van der Waals surface area contributed by atoms with Gasteiger partial charge in [-0.2, -0.15) is 0 Å². The van der Waals surface area contributed by atoms with E-state index in [9.17, 15) is 4.79 Å². The van der Waals surface area contributed by atoms with Gasteiger partial charge in [0.15, 0.2) is 0 Å². The lowest BCUT2D eigenvalue weighted by atomic mass is 9.86. The molecular formula is C15H21ClN2O. The average Bonchev–Trinajstić information content (AvgIpc) is 2.37. The summed E-state index contributed by atoms with van der Waals surface area (Å²) in [6.45, 7) is 2.25. The lowest BCUT2D eigenvalue weighted by molar-refractivity contribution is 0.0673. The standard InChI is InChI=1S/C15H21ClN2O/c1-10-4-3-5-12(8-10)18(2)15(19)13-7-6-11(16)9-14(13)17/h6-7,9-10,12H,3-5,8,17H2,1-2H3. The molecule has 0 aromatic heterocycles. The quantitative estimate of drug-likeness (QED) is 0.842. The minimum atomic E-state index is -0.00623. The molecule has 1 aliphatic rings. The van der Waals surface area contributed by atoms with E-state index >= 15 is 0 Å². The highest BCUT2D eigenvalue weighted by Gasteiger charge is 2.26. The van der Waals surface area contributed by atoms with Gasteiger partial charge in [0.1, 0.15) is 0 Å². The normalized spacial score (nSPS) is 23.1. The molecule has 0 radical (unpaired) electrons. The fraction of sp³-hybridized carbons (Fsp3) is 0.533. The Morgan fingerprint density at radius 3 is 2.79 bits per heavy atom. The van der Waals surface area contributed by atoms with Gasteiger partial charge in [-0.15, -0.1) is 0 Å². The van der Waals surface area contributed by atoms with Crippen LogP contribution in [0.4, 0.5) is 5.69 Å². The Hall–Kier alpha value is -1.22. The minimum absolute atomic E-state index is 0.00623. The van der Waals surface area contributed by atoms with Crippen molar-refractivity contribution in [1.82, 2.24) is 4.90 Å². The van der Waals surface area contributed by atoms with Crippen LogP contribution in [0, 0.1) is 5.92 Å². The van der Waals surface area contributed by atoms with Gasteiger partial charge in [-0.3, -0.25) is 4.79 Å². The van der Waals surface area contributed by atoms with Crippen molar-refractivity contribution in [3.8, 4) is 0 Å². The number of anilines is 1. The second-order valence-corrected chi connectivity index (χ2v) is 6.01. The van der Waals surface area contributed by atoms with Crippen molar-refractivity contribution < 1.29 is 4.79 Å². The van der Waals surface area contributed by atoms with E-state index < -0.39 is 0 Å². The predicted octanol–water partition coefficient (Wildman–Crippen LogP) is 3.57. The summed E-state index contributed by atoms with van der Waals surface area (Å²) in [7, 11) is 1.87. The molecule has 1 aliphatic carbocycles. The van der Waals surface area contributed by atoms with Crippen LogP contribution in [-0.2, 0) is 0 Å². The topological polar surface area (TPSA) is 46.3 Å². The van der Waals surface area contributed by atoms with Crippen molar-refractivity contribution in [2.24, 2.45) is 5.92 Å². The Bertz CT molecular complexity index is 475. The Balaban J connectivity index is 2.14. The number of amides is 1. The Labute approximate surface area is 119 Å². The second-order valence-electron chi connectivity index (χ2n) is 5.57. The molecule has 0 aliphatic heterocycles. The fourth-order valence-electron chi connectivity index (χ4n) is 2.84. The summed E-state index contributed by atoms with van der Waals surface area (Å²) in [4.78, 5) is 14.3. The molecule has 4 heteroatoms. The number of nitrogen functional groups attached to an aromatic ring is 1. The molecule has 1 aromatic rings. The van der Waals surface area contributed by atoms with Crippen LogP contribution < -0.4 is 5.73 Å². The first-order valence-electron chi connectivity index (χ1n) is 6.81. The van der Waals surface area contributed by atoms with E-state index in [4.69, 9.17) is 17.3 Å². The highest BCUT2D eigenvalue weighted by atomic mass is 35.5. The second kappa shape index (κ2) is 5.83. The van der Waals surface area contributed by atoms with Gasteiger partial charge in [-0.25, -0.2) is 0 Å². The summed E-state index contributed by atoms with van der Waals surface area (Å²) in [5.41, 5.74) is 6.88. The van der Waals surface area contributed by atoms with E-state index in [1.807, 2.05) is 11.9 Å². The molecule has 3 nitrogen and oxygen atoms in total. The van der Waals surface area contributed by atoms with Gasteiger partial charge in [0.2, 0.25) is 0 Å². The number of benzene rings is 1. The third kappa shape index (κ3) is 3.21. The summed E-state index contributed by atoms with van der Waals surface area (Å²) in [5, 5.41) is 0.558. The van der Waals surface area contributed by atoms with E-state index in [-0.39, 0.29) is 5.91 Å².